The van der Waals surface area contributed by atoms with Crippen molar-refractivity contribution < 1.29 is 0 Å². The molecule has 0 radical (unpaired) electrons. The lowest BCUT2D eigenvalue weighted by molar-refractivity contribution is 1.41. The van der Waals surface area contributed by atoms with Gasteiger partial charge in [0.25, 0.3) is 0 Å². The number of allylic oxidation sites excluding steroid dienone is 1. The second-order valence-electron chi connectivity index (χ2n) is 0.637. The molecule has 26 valence electrons. The van der Waals surface area contributed by atoms with Gasteiger partial charge in [0.15, 0.2) is 0 Å². The van der Waals surface area contributed by atoms with E-state index in [4.69, 9.17) is 11.0 Å². The minimum atomic E-state index is 0.0602. The zero-order chi connectivity index (χ0) is 4.28. The van der Waals surface area contributed by atoms with Crippen molar-refractivity contribution in [3.63, 3.8) is 0 Å². The molecule has 0 aromatic carbocycles. The van der Waals surface area contributed by atoms with Crippen LogP contribution in [0.4, 0.5) is 0 Å². The molecule has 0 heterocycles. The molecular weight excluding hydrogens is 64.0 g/mol. The van der Waals surface area contributed by atoms with Gasteiger partial charge in [0.1, 0.15) is 11.8 Å². The summed E-state index contributed by atoms with van der Waals surface area (Å²) in [6, 6.07) is 1.61. The van der Waals surface area contributed by atoms with E-state index in [1.165, 1.54) is 0 Å². The number of rotatable bonds is 0. The van der Waals surface area contributed by atoms with Crippen molar-refractivity contribution in [3.8, 4) is 6.07 Å². The van der Waals surface area contributed by atoms with E-state index >= 15 is 0 Å². The third kappa shape index (κ3) is 3.03. The van der Waals surface area contributed by atoms with Crippen molar-refractivity contribution >= 4 is 0 Å². The fourth-order valence-corrected chi connectivity index (χ4v) is 0. The van der Waals surface area contributed by atoms with E-state index in [0.29, 0.717) is 0 Å². The van der Waals surface area contributed by atoms with Gasteiger partial charge in [-0.1, -0.05) is 6.58 Å². The fourth-order valence-electron chi connectivity index (χ4n) is 0. The summed E-state index contributed by atoms with van der Waals surface area (Å²) in [5.74, 6) is 0. The van der Waals surface area contributed by atoms with Gasteiger partial charge < -0.3 is 5.73 Å². The zero-order valence-electron chi connectivity index (χ0n) is 2.73. The maximum Gasteiger partial charge on any atom is 0.116 e. The fraction of sp³-hybridized carbons (Fsp3) is 0. The molecule has 0 bridgehead atoms. The second kappa shape index (κ2) is 1.36. The van der Waals surface area contributed by atoms with Crippen molar-refractivity contribution in [3.05, 3.63) is 12.3 Å². The highest BCUT2D eigenvalue weighted by molar-refractivity contribution is 5.09. The summed E-state index contributed by atoms with van der Waals surface area (Å²) in [5.41, 5.74) is 4.80. The van der Waals surface area contributed by atoms with Gasteiger partial charge >= 0.3 is 0 Å². The first kappa shape index (κ1) is 4.03. The van der Waals surface area contributed by atoms with Crippen LogP contribution in [0.1, 0.15) is 0 Å². The smallest absolute Gasteiger partial charge is 0.116 e. The average molecular weight is 68.1 g/mol. The molecule has 0 rings (SSSR count). The molecule has 0 fully saturated rings. The van der Waals surface area contributed by atoms with Crippen LogP contribution in [0.2, 0.25) is 0 Å². The Bertz CT molecular complexity index is 77.4. The first-order chi connectivity index (χ1) is 2.27. The zero-order valence-corrected chi connectivity index (χ0v) is 2.73. The number of nitrogens with two attached hydrogens (primary N) is 1. The summed E-state index contributed by atoms with van der Waals surface area (Å²) < 4.78 is 0. The van der Waals surface area contributed by atoms with Gasteiger partial charge in [0, 0.05) is 0 Å². The Morgan fingerprint density at radius 3 is 2.20 bits per heavy atom. The Labute approximate surface area is 30.5 Å². The predicted octanol–water partition coefficient (Wildman–Crippen LogP) is -0.0176. The third-order valence-corrected chi connectivity index (χ3v) is 0.144. The van der Waals surface area contributed by atoms with Crippen LogP contribution in [0.15, 0.2) is 12.3 Å². The Morgan fingerprint density at radius 2 is 2.20 bits per heavy atom. The van der Waals surface area contributed by atoms with Crippen LogP contribution in [-0.2, 0) is 0 Å². The second-order valence-corrected chi connectivity index (χ2v) is 0.637. The quantitative estimate of drug-likeness (QED) is 0.405. The largest absolute Gasteiger partial charge is 0.391 e. The van der Waals surface area contributed by atoms with Crippen LogP contribution in [0.25, 0.3) is 0 Å². The average Bonchev–Trinajstić information content (AvgIpc) is 1.38. The number of nitrogens with zero attached hydrogens (tertiary/aromatic N) is 1. The van der Waals surface area contributed by atoms with Gasteiger partial charge in [0.05, 0.1) is 0 Å². The van der Waals surface area contributed by atoms with E-state index in [1.807, 2.05) is 0 Å². The van der Waals surface area contributed by atoms with Crippen molar-refractivity contribution in [2.24, 2.45) is 5.73 Å². The standard InChI is InChI=1S/C3H4N2/c1-3(5)2-4/h1,5H2. The molecule has 2 heteroatoms. The maximum absolute atomic E-state index is 7.67. The van der Waals surface area contributed by atoms with E-state index in [2.05, 4.69) is 6.58 Å². The van der Waals surface area contributed by atoms with Crippen LogP contribution in [0, 0.1) is 11.3 Å². The molecule has 5 heavy (non-hydrogen) atoms. The summed E-state index contributed by atoms with van der Waals surface area (Å²) in [6.07, 6.45) is 0. The van der Waals surface area contributed by atoms with E-state index in [9.17, 15) is 0 Å². The summed E-state index contributed by atoms with van der Waals surface area (Å²) in [6.45, 7) is 3.09. The minimum Gasteiger partial charge on any atom is -0.391 e. The topological polar surface area (TPSA) is 49.8 Å². The van der Waals surface area contributed by atoms with E-state index in [1.54, 1.807) is 6.07 Å². The van der Waals surface area contributed by atoms with Gasteiger partial charge in [0.2, 0.25) is 0 Å². The molecule has 0 saturated carbocycles. The van der Waals surface area contributed by atoms with E-state index < -0.39 is 0 Å². The molecule has 2 nitrogen and oxygen atoms in total. The summed E-state index contributed by atoms with van der Waals surface area (Å²) in [5, 5.41) is 7.67. The van der Waals surface area contributed by atoms with Crippen LogP contribution < -0.4 is 5.73 Å². The molecule has 0 aromatic heterocycles. The molecule has 0 aliphatic carbocycles. The molecule has 0 saturated heterocycles. The SMILES string of the molecule is C=C(N)C#N. The molecule has 0 unspecified atom stereocenters. The monoisotopic (exact) mass is 68.0 g/mol. The van der Waals surface area contributed by atoms with Crippen molar-refractivity contribution in [1.29, 1.82) is 5.26 Å². The lowest BCUT2D eigenvalue weighted by Gasteiger charge is -1.65. The Morgan fingerprint density at radius 1 is 2.00 bits per heavy atom. The molecule has 0 spiro atoms. The van der Waals surface area contributed by atoms with Gasteiger partial charge in [-0.25, -0.2) is 0 Å². The number of nitriles is 1. The summed E-state index contributed by atoms with van der Waals surface area (Å²) in [7, 11) is 0. The van der Waals surface area contributed by atoms with Crippen LogP contribution in [-0.4, -0.2) is 0 Å². The Hall–Kier alpha value is -0.970. The summed E-state index contributed by atoms with van der Waals surface area (Å²) >= 11 is 0. The molecule has 0 aliphatic heterocycles. The molecule has 0 aromatic rings. The van der Waals surface area contributed by atoms with Crippen molar-refractivity contribution in [1.82, 2.24) is 0 Å². The van der Waals surface area contributed by atoms with Gasteiger partial charge in [-0.15, -0.1) is 0 Å². The van der Waals surface area contributed by atoms with Gasteiger partial charge in [-0.05, 0) is 0 Å². The highest BCUT2D eigenvalue weighted by Gasteiger charge is 1.64. The van der Waals surface area contributed by atoms with Crippen molar-refractivity contribution in [2.75, 3.05) is 0 Å². The molecule has 2 N–H and O–H groups in total. The van der Waals surface area contributed by atoms with E-state index in [0.717, 1.165) is 0 Å². The highest BCUT2D eigenvalue weighted by Crippen LogP contribution is 1.60. The number of hydrogen-bond donors (Lipinski definition) is 1. The van der Waals surface area contributed by atoms with Crippen LogP contribution >= 0.6 is 0 Å². The first-order valence-corrected chi connectivity index (χ1v) is 1.12. The Balaban J connectivity index is 3.35. The minimum absolute atomic E-state index is 0.0602. The molecule has 0 amide bonds. The maximum atomic E-state index is 7.67. The van der Waals surface area contributed by atoms with Gasteiger partial charge in [-0.3, -0.25) is 0 Å². The first-order valence-electron chi connectivity index (χ1n) is 1.12. The molecule has 0 atom stereocenters. The number of hydrogen-bond acceptors (Lipinski definition) is 2. The molecular formula is C3H4N2. The lowest BCUT2D eigenvalue weighted by atomic mass is 10.6. The lowest BCUT2D eigenvalue weighted by Crippen LogP contribution is -1.86. The Kier molecular flexibility index (Phi) is 1.10. The van der Waals surface area contributed by atoms with Crippen molar-refractivity contribution in [2.45, 2.75) is 0 Å². The van der Waals surface area contributed by atoms with Crippen LogP contribution in [0.5, 0.6) is 0 Å². The van der Waals surface area contributed by atoms with E-state index in [-0.39, 0.29) is 5.70 Å². The molecule has 0 aliphatic rings. The highest BCUT2D eigenvalue weighted by atomic mass is 14.6. The van der Waals surface area contributed by atoms with Gasteiger partial charge in [-0.2, -0.15) is 5.26 Å². The van der Waals surface area contributed by atoms with Crippen LogP contribution in [0.3, 0.4) is 0 Å². The third-order valence-electron chi connectivity index (χ3n) is 0.144. The predicted molar refractivity (Wildman–Crippen MR) is 18.9 cm³/mol. The summed E-state index contributed by atoms with van der Waals surface area (Å²) in [4.78, 5) is 0. The normalized spacial score (nSPS) is 5.40.